The van der Waals surface area contributed by atoms with Gasteiger partial charge in [-0.1, -0.05) is 0 Å². The Bertz CT molecular complexity index is 920. The van der Waals surface area contributed by atoms with Crippen LogP contribution in [0.25, 0.3) is 0 Å². The number of carbonyl (C=O) groups is 3. The van der Waals surface area contributed by atoms with Crippen LogP contribution in [0.1, 0.15) is 10.4 Å². The van der Waals surface area contributed by atoms with Crippen molar-refractivity contribution in [1.29, 1.82) is 0 Å². The fourth-order valence-electron chi connectivity index (χ4n) is 2.18. The lowest BCUT2D eigenvalue weighted by molar-refractivity contribution is -0.125. The average molecular weight is 408 g/mol. The number of benzene rings is 2. The van der Waals surface area contributed by atoms with Crippen molar-refractivity contribution < 1.29 is 37.4 Å². The summed E-state index contributed by atoms with van der Waals surface area (Å²) in [6.45, 7) is -0.827. The van der Waals surface area contributed by atoms with Crippen molar-refractivity contribution in [3.8, 4) is 11.5 Å². The third-order valence-corrected chi connectivity index (χ3v) is 3.59. The lowest BCUT2D eigenvalue weighted by Gasteiger charge is -2.12. The molecular formula is C19H18F2N2O6. The quantitative estimate of drug-likeness (QED) is 0.647. The van der Waals surface area contributed by atoms with Gasteiger partial charge in [-0.2, -0.15) is 0 Å². The second kappa shape index (κ2) is 10.0. The van der Waals surface area contributed by atoms with Gasteiger partial charge in [0, 0.05) is 11.8 Å². The predicted octanol–water partition coefficient (Wildman–Crippen LogP) is 1.89. The number of halogens is 2. The van der Waals surface area contributed by atoms with Crippen LogP contribution in [0.2, 0.25) is 0 Å². The summed E-state index contributed by atoms with van der Waals surface area (Å²) < 4.78 is 41.0. The third kappa shape index (κ3) is 6.16. The van der Waals surface area contributed by atoms with Crippen LogP contribution in [0.15, 0.2) is 36.4 Å². The Hall–Kier alpha value is -3.69. The molecule has 0 atom stereocenters. The Balaban J connectivity index is 1.84. The van der Waals surface area contributed by atoms with Crippen molar-refractivity contribution in [2.75, 3.05) is 32.7 Å². The Morgan fingerprint density at radius 3 is 2.34 bits per heavy atom. The van der Waals surface area contributed by atoms with Gasteiger partial charge in [-0.05, 0) is 30.3 Å². The number of methoxy groups -OCH3 is 2. The minimum atomic E-state index is -1.10. The zero-order valence-corrected chi connectivity index (χ0v) is 15.6. The molecule has 0 unspecified atom stereocenters. The first-order valence-electron chi connectivity index (χ1n) is 8.24. The molecule has 0 aliphatic carbocycles. The Morgan fingerprint density at radius 2 is 1.69 bits per heavy atom. The monoisotopic (exact) mass is 408 g/mol. The first kappa shape index (κ1) is 21.6. The van der Waals surface area contributed by atoms with Crippen molar-refractivity contribution in [2.24, 2.45) is 0 Å². The molecule has 10 heteroatoms. The molecule has 2 aromatic rings. The predicted molar refractivity (Wildman–Crippen MR) is 97.8 cm³/mol. The molecule has 154 valence electrons. The van der Waals surface area contributed by atoms with E-state index in [4.69, 9.17) is 9.47 Å². The first-order chi connectivity index (χ1) is 13.8. The highest BCUT2D eigenvalue weighted by atomic mass is 19.2. The number of ether oxygens (including phenoxy) is 3. The molecule has 0 bridgehead atoms. The number of carbonyl (C=O) groups excluding carboxylic acids is 3. The van der Waals surface area contributed by atoms with Gasteiger partial charge in [0.05, 0.1) is 26.3 Å². The highest BCUT2D eigenvalue weighted by Crippen LogP contribution is 2.28. The van der Waals surface area contributed by atoms with Crippen LogP contribution >= 0.6 is 0 Å². The average Bonchev–Trinajstić information content (AvgIpc) is 2.72. The molecule has 0 radical (unpaired) electrons. The van der Waals surface area contributed by atoms with Gasteiger partial charge >= 0.3 is 5.97 Å². The maximum Gasteiger partial charge on any atom is 0.337 e. The second-order valence-electron chi connectivity index (χ2n) is 5.60. The van der Waals surface area contributed by atoms with E-state index in [1.807, 2.05) is 0 Å². The van der Waals surface area contributed by atoms with E-state index in [0.29, 0.717) is 0 Å². The maximum absolute atomic E-state index is 13.1. The highest BCUT2D eigenvalue weighted by Gasteiger charge is 2.13. The van der Waals surface area contributed by atoms with Crippen molar-refractivity contribution in [1.82, 2.24) is 5.32 Å². The summed E-state index contributed by atoms with van der Waals surface area (Å²) in [7, 11) is 2.61. The summed E-state index contributed by atoms with van der Waals surface area (Å²) in [4.78, 5) is 35.1. The molecule has 0 saturated carbocycles. The van der Waals surface area contributed by atoms with E-state index in [1.165, 1.54) is 38.5 Å². The molecular weight excluding hydrogens is 390 g/mol. The van der Waals surface area contributed by atoms with Crippen LogP contribution < -0.4 is 20.1 Å². The number of anilines is 1. The zero-order chi connectivity index (χ0) is 21.4. The van der Waals surface area contributed by atoms with E-state index in [-0.39, 0.29) is 22.7 Å². The van der Waals surface area contributed by atoms with Crippen LogP contribution in [-0.4, -0.2) is 45.2 Å². The molecule has 29 heavy (non-hydrogen) atoms. The van der Waals surface area contributed by atoms with E-state index in [0.717, 1.165) is 12.1 Å². The van der Waals surface area contributed by atoms with E-state index in [1.54, 1.807) is 0 Å². The van der Waals surface area contributed by atoms with Crippen molar-refractivity contribution >= 4 is 23.5 Å². The van der Waals surface area contributed by atoms with Gasteiger partial charge < -0.3 is 24.8 Å². The summed E-state index contributed by atoms with van der Waals surface area (Å²) in [5, 5.41) is 4.63. The molecule has 2 aromatic carbocycles. The Kier molecular flexibility index (Phi) is 7.47. The van der Waals surface area contributed by atoms with E-state index >= 15 is 0 Å². The van der Waals surface area contributed by atoms with Gasteiger partial charge in [0.15, 0.2) is 29.7 Å². The molecule has 0 heterocycles. The molecule has 0 spiro atoms. The van der Waals surface area contributed by atoms with Gasteiger partial charge in [-0.3, -0.25) is 9.59 Å². The normalized spacial score (nSPS) is 10.1. The van der Waals surface area contributed by atoms with E-state index in [2.05, 4.69) is 15.4 Å². The first-order valence-corrected chi connectivity index (χ1v) is 8.24. The van der Waals surface area contributed by atoms with Crippen LogP contribution in [0.5, 0.6) is 11.5 Å². The second-order valence-corrected chi connectivity index (χ2v) is 5.60. The van der Waals surface area contributed by atoms with Crippen molar-refractivity contribution in [3.63, 3.8) is 0 Å². The molecule has 0 aliphatic rings. The summed E-state index contributed by atoms with van der Waals surface area (Å²) >= 11 is 0. The van der Waals surface area contributed by atoms with Gasteiger partial charge in [0.1, 0.15) is 0 Å². The van der Waals surface area contributed by atoms with Crippen LogP contribution in [0, 0.1) is 11.6 Å². The van der Waals surface area contributed by atoms with Crippen LogP contribution in [0.3, 0.4) is 0 Å². The van der Waals surface area contributed by atoms with Gasteiger partial charge in [0.2, 0.25) is 5.91 Å². The Labute approximate surface area is 164 Å². The summed E-state index contributed by atoms with van der Waals surface area (Å²) in [6.07, 6.45) is 0. The van der Waals surface area contributed by atoms with Crippen LogP contribution in [0.4, 0.5) is 14.5 Å². The fourth-order valence-corrected chi connectivity index (χ4v) is 2.18. The lowest BCUT2D eigenvalue weighted by atomic mass is 10.2. The molecule has 0 aliphatic heterocycles. The number of nitrogens with one attached hydrogen (secondary N) is 2. The van der Waals surface area contributed by atoms with E-state index in [9.17, 15) is 23.2 Å². The number of hydrogen-bond donors (Lipinski definition) is 2. The minimum absolute atomic E-state index is 0.0508. The van der Waals surface area contributed by atoms with Crippen molar-refractivity contribution in [2.45, 2.75) is 0 Å². The third-order valence-electron chi connectivity index (χ3n) is 3.59. The zero-order valence-electron chi connectivity index (χ0n) is 15.6. The smallest absolute Gasteiger partial charge is 0.337 e. The topological polar surface area (TPSA) is 103 Å². The SMILES string of the molecule is COC(=O)c1ccc(OCC(=O)NCC(=O)Nc2ccc(F)c(F)c2)c(OC)c1. The number of hydrogen-bond acceptors (Lipinski definition) is 6. The van der Waals surface area contributed by atoms with Crippen LogP contribution in [-0.2, 0) is 14.3 Å². The Morgan fingerprint density at radius 1 is 0.931 bits per heavy atom. The molecule has 0 saturated heterocycles. The molecule has 8 nitrogen and oxygen atoms in total. The summed E-state index contributed by atoms with van der Waals surface area (Å²) in [6, 6.07) is 7.16. The number of rotatable bonds is 8. The molecule has 2 N–H and O–H groups in total. The summed E-state index contributed by atoms with van der Waals surface area (Å²) in [5.74, 6) is -3.51. The molecule has 0 aromatic heterocycles. The number of amides is 2. The summed E-state index contributed by atoms with van der Waals surface area (Å²) in [5.41, 5.74) is 0.296. The van der Waals surface area contributed by atoms with Gasteiger partial charge in [0.25, 0.3) is 5.91 Å². The van der Waals surface area contributed by atoms with Gasteiger partial charge in [-0.15, -0.1) is 0 Å². The molecule has 0 fully saturated rings. The fraction of sp³-hybridized carbons (Fsp3) is 0.211. The standard InChI is InChI=1S/C19H18F2N2O6/c1-27-16-7-11(19(26)28-2)3-6-15(16)29-10-18(25)22-9-17(24)23-12-4-5-13(20)14(21)8-12/h3-8H,9-10H2,1-2H3,(H,22,25)(H,23,24). The van der Waals surface area contributed by atoms with E-state index < -0.39 is 42.6 Å². The largest absolute Gasteiger partial charge is 0.493 e. The lowest BCUT2D eigenvalue weighted by Crippen LogP contribution is -2.35. The minimum Gasteiger partial charge on any atom is -0.493 e. The molecule has 2 rings (SSSR count). The highest BCUT2D eigenvalue weighted by molar-refractivity contribution is 5.94. The van der Waals surface area contributed by atoms with Gasteiger partial charge in [-0.25, -0.2) is 13.6 Å². The maximum atomic E-state index is 13.1. The van der Waals surface area contributed by atoms with Crippen molar-refractivity contribution in [3.05, 3.63) is 53.6 Å². The number of esters is 1. The molecule has 2 amide bonds.